The Bertz CT molecular complexity index is 636. The van der Waals surface area contributed by atoms with Gasteiger partial charge in [0.15, 0.2) is 0 Å². The van der Waals surface area contributed by atoms with E-state index in [1.807, 2.05) is 6.92 Å². The van der Waals surface area contributed by atoms with Crippen LogP contribution in [0.3, 0.4) is 0 Å². The molecule has 5 nitrogen and oxygen atoms in total. The van der Waals surface area contributed by atoms with E-state index in [0.29, 0.717) is 28.2 Å². The average molecular weight is 356 g/mol. The molecule has 0 atom stereocenters. The molecule has 0 spiro atoms. The Balaban J connectivity index is 2.23. The van der Waals surface area contributed by atoms with Crippen molar-refractivity contribution in [1.29, 1.82) is 0 Å². The van der Waals surface area contributed by atoms with Crippen molar-refractivity contribution in [2.24, 2.45) is 0 Å². The number of carbonyl (C=O) groups is 1. The Kier molecular flexibility index (Phi) is 4.92. The van der Waals surface area contributed by atoms with Gasteiger partial charge in [-0.25, -0.2) is 9.97 Å². The third kappa shape index (κ3) is 3.68. The van der Waals surface area contributed by atoms with E-state index in [1.54, 1.807) is 24.4 Å². The summed E-state index contributed by atoms with van der Waals surface area (Å²) in [5.41, 5.74) is 0.415. The van der Waals surface area contributed by atoms with Crippen LogP contribution in [-0.2, 0) is 0 Å². The number of nitrogens with one attached hydrogen (secondary N) is 2. The van der Waals surface area contributed by atoms with Gasteiger partial charge in [-0.05, 0) is 47.1 Å². The fourth-order valence-corrected chi connectivity index (χ4v) is 2.12. The topological polar surface area (TPSA) is 66.9 Å². The molecule has 0 saturated heterocycles. The van der Waals surface area contributed by atoms with Gasteiger partial charge in [-0.15, -0.1) is 0 Å². The molecule has 2 N–H and O–H groups in total. The van der Waals surface area contributed by atoms with Gasteiger partial charge in [0.25, 0.3) is 5.91 Å². The maximum Gasteiger partial charge on any atom is 0.257 e. The van der Waals surface area contributed by atoms with Gasteiger partial charge in [-0.1, -0.05) is 11.6 Å². The summed E-state index contributed by atoms with van der Waals surface area (Å²) in [6, 6.07) is 6.72. The molecule has 0 aliphatic heterocycles. The number of nitrogens with zero attached hydrogens (tertiary/aromatic N) is 2. The molecule has 20 heavy (non-hydrogen) atoms. The predicted molar refractivity (Wildman–Crippen MR) is 83.3 cm³/mol. The first-order valence-corrected chi connectivity index (χ1v) is 7.10. The number of hydrogen-bond donors (Lipinski definition) is 2. The minimum atomic E-state index is -0.298. The van der Waals surface area contributed by atoms with Crippen molar-refractivity contribution < 1.29 is 4.79 Å². The Labute approximate surface area is 129 Å². The molecule has 7 heteroatoms. The first kappa shape index (κ1) is 14.7. The van der Waals surface area contributed by atoms with Gasteiger partial charge in [0, 0.05) is 18.3 Å². The fourth-order valence-electron chi connectivity index (χ4n) is 1.56. The minimum Gasteiger partial charge on any atom is -0.370 e. The maximum absolute atomic E-state index is 12.2. The lowest BCUT2D eigenvalue weighted by atomic mass is 10.2. The highest BCUT2D eigenvalue weighted by atomic mass is 79.9. The highest BCUT2D eigenvalue weighted by molar-refractivity contribution is 9.10. The molecule has 0 aliphatic rings. The van der Waals surface area contributed by atoms with E-state index in [0.717, 1.165) is 0 Å². The van der Waals surface area contributed by atoms with Crippen molar-refractivity contribution in [2.75, 3.05) is 17.2 Å². The molecule has 0 bridgehead atoms. The van der Waals surface area contributed by atoms with Crippen molar-refractivity contribution in [2.45, 2.75) is 6.92 Å². The number of anilines is 2. The summed E-state index contributed by atoms with van der Waals surface area (Å²) in [5.74, 6) is 0.716. The zero-order chi connectivity index (χ0) is 14.5. The van der Waals surface area contributed by atoms with Gasteiger partial charge in [0.2, 0.25) is 0 Å². The van der Waals surface area contributed by atoms with Crippen LogP contribution in [0.5, 0.6) is 0 Å². The Hall–Kier alpha value is -1.66. The summed E-state index contributed by atoms with van der Waals surface area (Å²) in [5, 5.41) is 5.99. The third-order valence-corrected chi connectivity index (χ3v) is 3.24. The summed E-state index contributed by atoms with van der Waals surface area (Å²) in [6.45, 7) is 2.63. The van der Waals surface area contributed by atoms with E-state index in [1.165, 1.54) is 6.07 Å². The normalized spacial score (nSPS) is 10.2. The largest absolute Gasteiger partial charge is 0.370 e. The molecule has 1 amide bonds. The second-order valence-corrected chi connectivity index (χ2v) is 5.12. The lowest BCUT2D eigenvalue weighted by Crippen LogP contribution is -2.14. The number of pyridine rings is 2. The summed E-state index contributed by atoms with van der Waals surface area (Å²) in [7, 11) is 0. The van der Waals surface area contributed by atoms with Crippen LogP contribution >= 0.6 is 27.5 Å². The van der Waals surface area contributed by atoms with E-state index in [4.69, 9.17) is 11.6 Å². The van der Waals surface area contributed by atoms with Crippen LogP contribution in [0.4, 0.5) is 11.6 Å². The number of aromatic nitrogens is 2. The summed E-state index contributed by atoms with van der Waals surface area (Å²) >= 11 is 9.23. The molecule has 0 saturated carbocycles. The van der Waals surface area contributed by atoms with Gasteiger partial charge < -0.3 is 10.6 Å². The zero-order valence-electron chi connectivity index (χ0n) is 10.7. The van der Waals surface area contributed by atoms with E-state index in [2.05, 4.69) is 36.5 Å². The first-order chi connectivity index (χ1) is 9.60. The average Bonchev–Trinajstić information content (AvgIpc) is 2.41. The fraction of sp³-hybridized carbons (Fsp3) is 0.154. The third-order valence-electron chi connectivity index (χ3n) is 2.40. The lowest BCUT2D eigenvalue weighted by molar-refractivity contribution is 0.102. The van der Waals surface area contributed by atoms with Crippen LogP contribution in [0, 0.1) is 0 Å². The maximum atomic E-state index is 12.2. The van der Waals surface area contributed by atoms with Crippen LogP contribution in [0.1, 0.15) is 17.3 Å². The molecule has 0 aliphatic carbocycles. The van der Waals surface area contributed by atoms with Crippen LogP contribution in [-0.4, -0.2) is 22.4 Å². The van der Waals surface area contributed by atoms with Crippen LogP contribution < -0.4 is 10.6 Å². The predicted octanol–water partition coefficient (Wildman–Crippen LogP) is 3.58. The van der Waals surface area contributed by atoms with Gasteiger partial charge in [0.05, 0.1) is 4.47 Å². The van der Waals surface area contributed by atoms with Crippen molar-refractivity contribution in [3.8, 4) is 0 Å². The Morgan fingerprint density at radius 3 is 2.95 bits per heavy atom. The first-order valence-electron chi connectivity index (χ1n) is 5.93. The SMILES string of the molecule is CCNc1cc(C(=O)Nc2ncccc2Br)cc(Cl)n1. The van der Waals surface area contributed by atoms with Crippen LogP contribution in [0.25, 0.3) is 0 Å². The highest BCUT2D eigenvalue weighted by Gasteiger charge is 2.11. The molecule has 2 aromatic rings. The molecular weight excluding hydrogens is 344 g/mol. The van der Waals surface area contributed by atoms with E-state index < -0.39 is 0 Å². The lowest BCUT2D eigenvalue weighted by Gasteiger charge is -2.08. The van der Waals surface area contributed by atoms with Gasteiger partial charge in [-0.2, -0.15) is 0 Å². The van der Waals surface area contributed by atoms with Crippen molar-refractivity contribution in [3.63, 3.8) is 0 Å². The van der Waals surface area contributed by atoms with Crippen molar-refractivity contribution in [3.05, 3.63) is 45.7 Å². The number of rotatable bonds is 4. The molecule has 0 radical (unpaired) electrons. The van der Waals surface area contributed by atoms with Crippen LogP contribution in [0.2, 0.25) is 5.15 Å². The van der Waals surface area contributed by atoms with E-state index in [-0.39, 0.29) is 11.1 Å². The van der Waals surface area contributed by atoms with Gasteiger partial charge in [0.1, 0.15) is 16.8 Å². The van der Waals surface area contributed by atoms with Gasteiger partial charge in [-0.3, -0.25) is 4.79 Å². The van der Waals surface area contributed by atoms with Gasteiger partial charge >= 0.3 is 0 Å². The Morgan fingerprint density at radius 2 is 2.25 bits per heavy atom. The standard InChI is InChI=1S/C13H12BrClN4O/c1-2-16-11-7-8(6-10(15)18-11)13(20)19-12-9(14)4-3-5-17-12/h3-7H,2H2,1H3,(H,16,18)(H,17,19,20). The molecule has 0 unspecified atom stereocenters. The minimum absolute atomic E-state index is 0.258. The van der Waals surface area contributed by atoms with Crippen molar-refractivity contribution >= 4 is 45.1 Å². The molecular formula is C13H12BrClN4O. The number of hydrogen-bond acceptors (Lipinski definition) is 4. The summed E-state index contributed by atoms with van der Waals surface area (Å²) < 4.78 is 0.709. The Morgan fingerprint density at radius 1 is 1.45 bits per heavy atom. The molecule has 2 heterocycles. The summed E-state index contributed by atoms with van der Waals surface area (Å²) in [6.07, 6.45) is 1.60. The van der Waals surface area contributed by atoms with E-state index >= 15 is 0 Å². The number of halogens is 2. The molecule has 0 aromatic carbocycles. The zero-order valence-corrected chi connectivity index (χ0v) is 13.0. The number of carbonyl (C=O) groups excluding carboxylic acids is 1. The molecule has 2 aromatic heterocycles. The summed E-state index contributed by atoms with van der Waals surface area (Å²) in [4.78, 5) is 20.4. The second-order valence-electron chi connectivity index (χ2n) is 3.88. The molecule has 104 valence electrons. The number of amides is 1. The van der Waals surface area contributed by atoms with Crippen molar-refractivity contribution in [1.82, 2.24) is 9.97 Å². The van der Waals surface area contributed by atoms with Crippen LogP contribution in [0.15, 0.2) is 34.9 Å². The smallest absolute Gasteiger partial charge is 0.257 e. The quantitative estimate of drug-likeness (QED) is 0.823. The van der Waals surface area contributed by atoms with E-state index in [9.17, 15) is 4.79 Å². The second kappa shape index (κ2) is 6.67. The monoisotopic (exact) mass is 354 g/mol. The molecule has 0 fully saturated rings. The highest BCUT2D eigenvalue weighted by Crippen LogP contribution is 2.20. The molecule has 2 rings (SSSR count).